The number of aliphatic hydroxyl groups is 1. The summed E-state index contributed by atoms with van der Waals surface area (Å²) in [5, 5.41) is 10.6. The van der Waals surface area contributed by atoms with Gasteiger partial charge in [0.2, 0.25) is 0 Å². The van der Waals surface area contributed by atoms with Crippen molar-refractivity contribution in [1.29, 1.82) is 0 Å². The topological polar surface area (TPSA) is 58.5 Å². The first-order valence-corrected chi connectivity index (χ1v) is 7.07. The van der Waals surface area contributed by atoms with Crippen LogP contribution >= 0.6 is 0 Å². The molecule has 2 aliphatic rings. The number of likely N-dealkylation sites (tertiary alicyclic amines) is 1. The van der Waals surface area contributed by atoms with Gasteiger partial charge in [0.25, 0.3) is 0 Å². The summed E-state index contributed by atoms with van der Waals surface area (Å²) in [5.74, 6) is 0. The molecule has 1 atom stereocenters. The Kier molecular flexibility index (Phi) is 3.77. The van der Waals surface area contributed by atoms with Crippen LogP contribution in [-0.2, 0) is 4.74 Å². The van der Waals surface area contributed by atoms with Crippen molar-refractivity contribution in [1.82, 2.24) is 14.9 Å². The molecule has 19 heavy (non-hydrogen) atoms. The normalized spacial score (nSPS) is 27.5. The predicted octanol–water partition coefficient (Wildman–Crippen LogP) is 1.15. The Hall–Kier alpha value is -1.04. The molecular weight excluding hydrogens is 242 g/mol. The number of β-amino-alcohol motifs (C(OH)–C–C–N with tert-alkyl or cyclic N) is 1. The molecule has 3 heterocycles. The summed E-state index contributed by atoms with van der Waals surface area (Å²) in [4.78, 5) is 10.9. The lowest BCUT2D eigenvalue weighted by atomic mass is 9.93. The molecule has 0 aliphatic carbocycles. The minimum Gasteiger partial charge on any atom is -0.388 e. The van der Waals surface area contributed by atoms with Crippen LogP contribution in [-0.4, -0.2) is 51.9 Å². The lowest BCUT2D eigenvalue weighted by molar-refractivity contribution is -0.0817. The second-order valence-electron chi connectivity index (χ2n) is 5.60. The number of ether oxygens (including phenoxy) is 1. The van der Waals surface area contributed by atoms with Crippen LogP contribution < -0.4 is 0 Å². The number of nitrogens with zero attached hydrogens (tertiary/aromatic N) is 3. The summed E-state index contributed by atoms with van der Waals surface area (Å²) < 4.78 is 5.34. The largest absolute Gasteiger partial charge is 0.388 e. The van der Waals surface area contributed by atoms with E-state index >= 15 is 0 Å². The van der Waals surface area contributed by atoms with Gasteiger partial charge in [0, 0.05) is 51.2 Å². The van der Waals surface area contributed by atoms with Crippen LogP contribution in [0.25, 0.3) is 0 Å². The van der Waals surface area contributed by atoms with Gasteiger partial charge in [-0.25, -0.2) is 0 Å². The molecule has 1 aromatic heterocycles. The second kappa shape index (κ2) is 5.53. The maximum atomic E-state index is 10.6. The maximum absolute atomic E-state index is 10.6. The summed E-state index contributed by atoms with van der Waals surface area (Å²) in [6, 6.07) is 0.306. The van der Waals surface area contributed by atoms with E-state index in [9.17, 15) is 5.11 Å². The molecule has 0 saturated carbocycles. The Morgan fingerprint density at radius 3 is 2.95 bits per heavy atom. The fourth-order valence-electron chi connectivity index (χ4n) is 3.12. The first-order valence-electron chi connectivity index (χ1n) is 7.07. The van der Waals surface area contributed by atoms with Crippen molar-refractivity contribution in [2.75, 3.05) is 26.3 Å². The lowest BCUT2D eigenvalue weighted by Gasteiger charge is -2.37. The van der Waals surface area contributed by atoms with Gasteiger partial charge in [0.05, 0.1) is 17.3 Å². The van der Waals surface area contributed by atoms with Crippen molar-refractivity contribution in [2.45, 2.75) is 37.3 Å². The van der Waals surface area contributed by atoms with Crippen LogP contribution in [0.3, 0.4) is 0 Å². The van der Waals surface area contributed by atoms with E-state index < -0.39 is 5.60 Å². The molecule has 0 unspecified atom stereocenters. The Morgan fingerprint density at radius 2 is 2.21 bits per heavy atom. The van der Waals surface area contributed by atoms with Gasteiger partial charge in [-0.1, -0.05) is 0 Å². The monoisotopic (exact) mass is 263 g/mol. The van der Waals surface area contributed by atoms with E-state index in [1.807, 2.05) is 6.20 Å². The van der Waals surface area contributed by atoms with Crippen molar-refractivity contribution in [2.24, 2.45) is 0 Å². The second-order valence-corrected chi connectivity index (χ2v) is 5.60. The summed E-state index contributed by atoms with van der Waals surface area (Å²) in [6.45, 7) is 3.09. The van der Waals surface area contributed by atoms with Crippen LogP contribution in [0.15, 0.2) is 18.6 Å². The molecule has 0 spiro atoms. The molecule has 5 nitrogen and oxygen atoms in total. The highest BCUT2D eigenvalue weighted by atomic mass is 16.5. The Bertz CT molecular complexity index is 406. The van der Waals surface area contributed by atoms with Gasteiger partial charge in [0.15, 0.2) is 0 Å². The predicted molar refractivity (Wildman–Crippen MR) is 70.6 cm³/mol. The average Bonchev–Trinajstić information content (AvgIpc) is 2.88. The number of hydrogen-bond donors (Lipinski definition) is 1. The zero-order valence-electron chi connectivity index (χ0n) is 11.2. The molecule has 1 N–H and O–H groups in total. The first kappa shape index (κ1) is 13.0. The average molecular weight is 263 g/mol. The standard InChI is InChI=1S/C14H21N3O2/c18-14(3-8-19-9-4-14)11-17-7-1-2-13(17)12-10-15-5-6-16-12/h5-6,10,13,18H,1-4,7-9,11H2/t13-/m1/s1. The highest BCUT2D eigenvalue weighted by molar-refractivity contribution is 5.06. The molecule has 2 aliphatic heterocycles. The van der Waals surface area contributed by atoms with E-state index in [0.29, 0.717) is 19.3 Å². The van der Waals surface area contributed by atoms with Gasteiger partial charge < -0.3 is 9.84 Å². The van der Waals surface area contributed by atoms with Crippen LogP contribution in [0.4, 0.5) is 0 Å². The van der Waals surface area contributed by atoms with Gasteiger partial charge in [-0.05, 0) is 19.4 Å². The number of hydrogen-bond acceptors (Lipinski definition) is 5. The highest BCUT2D eigenvalue weighted by Crippen LogP contribution is 2.33. The smallest absolute Gasteiger partial charge is 0.0818 e. The van der Waals surface area contributed by atoms with Crippen LogP contribution in [0, 0.1) is 0 Å². The van der Waals surface area contributed by atoms with Gasteiger partial charge >= 0.3 is 0 Å². The summed E-state index contributed by atoms with van der Waals surface area (Å²) in [7, 11) is 0. The maximum Gasteiger partial charge on any atom is 0.0818 e. The van der Waals surface area contributed by atoms with Gasteiger partial charge in [-0.3, -0.25) is 14.9 Å². The summed E-state index contributed by atoms with van der Waals surface area (Å²) in [6.07, 6.45) is 9.02. The van der Waals surface area contributed by atoms with E-state index in [2.05, 4.69) is 14.9 Å². The Balaban J connectivity index is 1.69. The summed E-state index contributed by atoms with van der Waals surface area (Å²) >= 11 is 0. The molecule has 1 aromatic rings. The van der Waals surface area contributed by atoms with Crippen molar-refractivity contribution in [3.8, 4) is 0 Å². The van der Waals surface area contributed by atoms with E-state index in [1.54, 1.807) is 12.4 Å². The van der Waals surface area contributed by atoms with Crippen LogP contribution in [0.5, 0.6) is 0 Å². The number of rotatable bonds is 3. The first-order chi connectivity index (χ1) is 9.27. The van der Waals surface area contributed by atoms with E-state index in [4.69, 9.17) is 4.74 Å². The third-order valence-electron chi connectivity index (χ3n) is 4.21. The number of aromatic nitrogens is 2. The Morgan fingerprint density at radius 1 is 1.37 bits per heavy atom. The van der Waals surface area contributed by atoms with Crippen LogP contribution in [0.1, 0.15) is 37.4 Å². The van der Waals surface area contributed by atoms with E-state index in [0.717, 1.165) is 44.5 Å². The minimum absolute atomic E-state index is 0.306. The molecule has 104 valence electrons. The van der Waals surface area contributed by atoms with Gasteiger partial charge in [-0.2, -0.15) is 0 Å². The van der Waals surface area contributed by atoms with Gasteiger partial charge in [-0.15, -0.1) is 0 Å². The molecule has 0 bridgehead atoms. The molecule has 0 amide bonds. The molecule has 2 fully saturated rings. The van der Waals surface area contributed by atoms with Crippen LogP contribution in [0.2, 0.25) is 0 Å². The minimum atomic E-state index is -0.594. The molecule has 5 heteroatoms. The molecule has 2 saturated heterocycles. The molecule has 0 aromatic carbocycles. The van der Waals surface area contributed by atoms with Gasteiger partial charge in [0.1, 0.15) is 0 Å². The SMILES string of the molecule is OC1(CN2CCC[C@@H]2c2cnccn2)CCOCC1. The quantitative estimate of drug-likeness (QED) is 0.886. The lowest BCUT2D eigenvalue weighted by Crippen LogP contribution is -2.46. The zero-order valence-corrected chi connectivity index (χ0v) is 11.2. The van der Waals surface area contributed by atoms with E-state index in [-0.39, 0.29) is 0 Å². The fourth-order valence-corrected chi connectivity index (χ4v) is 3.12. The molecule has 3 rings (SSSR count). The zero-order chi connectivity index (χ0) is 13.1. The molecular formula is C14H21N3O2. The summed E-state index contributed by atoms with van der Waals surface area (Å²) in [5.41, 5.74) is 0.430. The van der Waals surface area contributed by atoms with Crippen molar-refractivity contribution in [3.05, 3.63) is 24.3 Å². The van der Waals surface area contributed by atoms with Crippen molar-refractivity contribution < 1.29 is 9.84 Å². The third kappa shape index (κ3) is 2.94. The van der Waals surface area contributed by atoms with Crippen molar-refractivity contribution >= 4 is 0 Å². The molecule has 0 radical (unpaired) electrons. The third-order valence-corrected chi connectivity index (χ3v) is 4.21. The highest BCUT2D eigenvalue weighted by Gasteiger charge is 2.36. The fraction of sp³-hybridized carbons (Fsp3) is 0.714. The van der Waals surface area contributed by atoms with E-state index in [1.165, 1.54) is 0 Å². The Labute approximate surface area is 113 Å². The van der Waals surface area contributed by atoms with Crippen molar-refractivity contribution in [3.63, 3.8) is 0 Å².